The lowest BCUT2D eigenvalue weighted by atomic mass is 9.83. The molecule has 0 saturated carbocycles. The van der Waals surface area contributed by atoms with Crippen molar-refractivity contribution in [2.24, 2.45) is 11.8 Å². The van der Waals surface area contributed by atoms with Gasteiger partial charge >= 0.3 is 0 Å². The van der Waals surface area contributed by atoms with Gasteiger partial charge in [0.15, 0.2) is 0 Å². The van der Waals surface area contributed by atoms with Crippen LogP contribution >= 0.6 is 0 Å². The summed E-state index contributed by atoms with van der Waals surface area (Å²) in [5.74, 6) is 2.70. The molecule has 4 rings (SSSR count). The van der Waals surface area contributed by atoms with E-state index >= 15 is 0 Å². The van der Waals surface area contributed by atoms with E-state index in [0.29, 0.717) is 0 Å². The third-order valence-electron chi connectivity index (χ3n) is 6.76. The van der Waals surface area contributed by atoms with Crippen LogP contribution in [0.1, 0.15) is 49.7 Å². The van der Waals surface area contributed by atoms with Gasteiger partial charge in [0, 0.05) is 19.8 Å². The van der Waals surface area contributed by atoms with Gasteiger partial charge in [0.25, 0.3) is 0 Å². The van der Waals surface area contributed by atoms with Gasteiger partial charge in [-0.25, -0.2) is 0 Å². The normalized spacial score (nSPS) is 23.6. The Labute approximate surface area is 171 Å². The molecule has 4 heteroatoms. The second-order valence-corrected chi connectivity index (χ2v) is 9.01. The molecule has 2 fully saturated rings. The molecule has 3 aliphatic rings. The predicted molar refractivity (Wildman–Crippen MR) is 114 cm³/mol. The minimum absolute atomic E-state index is 0.796. The average Bonchev–Trinajstić information content (AvgIpc) is 3.24. The Morgan fingerprint density at radius 1 is 1.04 bits per heavy atom. The number of aryl methyl sites for hydroxylation is 1. The minimum atomic E-state index is 0.796. The first-order valence-electron chi connectivity index (χ1n) is 11.6. The van der Waals surface area contributed by atoms with Crippen LogP contribution in [0.5, 0.6) is 5.75 Å². The summed E-state index contributed by atoms with van der Waals surface area (Å²) in [5.41, 5.74) is 3.08. The van der Waals surface area contributed by atoms with Crippen LogP contribution in [-0.2, 0) is 17.6 Å². The Morgan fingerprint density at radius 2 is 1.89 bits per heavy atom. The van der Waals surface area contributed by atoms with Gasteiger partial charge < -0.3 is 19.7 Å². The topological polar surface area (TPSA) is 33.7 Å². The van der Waals surface area contributed by atoms with Crippen molar-refractivity contribution in [1.29, 1.82) is 0 Å². The first-order valence-corrected chi connectivity index (χ1v) is 11.6. The van der Waals surface area contributed by atoms with E-state index in [-0.39, 0.29) is 0 Å². The van der Waals surface area contributed by atoms with Crippen molar-refractivity contribution in [2.75, 3.05) is 52.5 Å². The van der Waals surface area contributed by atoms with E-state index in [9.17, 15) is 0 Å². The number of fused-ring (bicyclic) bond motifs is 1. The zero-order chi connectivity index (χ0) is 19.0. The third-order valence-corrected chi connectivity index (χ3v) is 6.76. The summed E-state index contributed by atoms with van der Waals surface area (Å²) < 4.78 is 11.4. The molecule has 156 valence electrons. The molecule has 1 aromatic rings. The summed E-state index contributed by atoms with van der Waals surface area (Å²) in [6, 6.07) is 6.81. The molecule has 1 aromatic carbocycles. The molecule has 28 heavy (non-hydrogen) atoms. The summed E-state index contributed by atoms with van der Waals surface area (Å²) in [5, 5.41) is 3.59. The Bertz CT molecular complexity index is 594. The van der Waals surface area contributed by atoms with E-state index in [0.717, 1.165) is 56.9 Å². The summed E-state index contributed by atoms with van der Waals surface area (Å²) in [4.78, 5) is 2.67. The summed E-state index contributed by atoms with van der Waals surface area (Å²) >= 11 is 0. The molecule has 4 nitrogen and oxygen atoms in total. The van der Waals surface area contributed by atoms with E-state index in [1.165, 1.54) is 70.1 Å². The van der Waals surface area contributed by atoms with Gasteiger partial charge in [0.05, 0.1) is 6.61 Å². The highest BCUT2D eigenvalue weighted by Gasteiger charge is 2.22. The molecule has 2 aliphatic heterocycles. The maximum atomic E-state index is 6.03. The Morgan fingerprint density at radius 3 is 2.75 bits per heavy atom. The molecule has 0 spiro atoms. The fourth-order valence-electron chi connectivity index (χ4n) is 5.03. The van der Waals surface area contributed by atoms with Crippen molar-refractivity contribution in [1.82, 2.24) is 10.2 Å². The van der Waals surface area contributed by atoms with Crippen LogP contribution in [0.3, 0.4) is 0 Å². The van der Waals surface area contributed by atoms with Gasteiger partial charge in [-0.15, -0.1) is 0 Å². The van der Waals surface area contributed by atoms with E-state index in [1.807, 2.05) is 0 Å². The van der Waals surface area contributed by atoms with Crippen molar-refractivity contribution in [3.8, 4) is 5.75 Å². The lowest BCUT2D eigenvalue weighted by Crippen LogP contribution is -2.30. The van der Waals surface area contributed by atoms with Crippen LogP contribution in [0, 0.1) is 11.8 Å². The molecular weight excluding hydrogens is 348 g/mol. The second-order valence-electron chi connectivity index (χ2n) is 9.01. The Kier molecular flexibility index (Phi) is 7.65. The van der Waals surface area contributed by atoms with Gasteiger partial charge in [0.1, 0.15) is 5.75 Å². The molecular formula is C24H38N2O2. The van der Waals surface area contributed by atoms with Gasteiger partial charge in [-0.2, -0.15) is 0 Å². The lowest BCUT2D eigenvalue weighted by Gasteiger charge is -2.28. The molecule has 1 N–H and O–H groups in total. The largest absolute Gasteiger partial charge is 0.494 e. The SMILES string of the molecule is c1cc2c(cc1OCCCNCC1CCOCC1)CCC(CN1CCCC1)C2. The first kappa shape index (κ1) is 20.2. The highest BCUT2D eigenvalue weighted by molar-refractivity contribution is 5.37. The van der Waals surface area contributed by atoms with Crippen LogP contribution in [0.15, 0.2) is 18.2 Å². The number of benzene rings is 1. The molecule has 2 heterocycles. The smallest absolute Gasteiger partial charge is 0.119 e. The van der Waals surface area contributed by atoms with Crippen molar-refractivity contribution in [3.63, 3.8) is 0 Å². The first-order chi connectivity index (χ1) is 13.9. The lowest BCUT2D eigenvalue weighted by molar-refractivity contribution is 0.0663. The van der Waals surface area contributed by atoms with E-state index in [2.05, 4.69) is 28.4 Å². The van der Waals surface area contributed by atoms with Gasteiger partial charge in [0.2, 0.25) is 0 Å². The fraction of sp³-hybridized carbons (Fsp3) is 0.750. The highest BCUT2D eigenvalue weighted by Crippen LogP contribution is 2.29. The van der Waals surface area contributed by atoms with Crippen molar-refractivity contribution < 1.29 is 9.47 Å². The van der Waals surface area contributed by atoms with E-state index in [1.54, 1.807) is 5.56 Å². The van der Waals surface area contributed by atoms with Crippen molar-refractivity contribution in [2.45, 2.75) is 51.4 Å². The molecule has 1 atom stereocenters. The molecule has 2 saturated heterocycles. The Hall–Kier alpha value is -1.10. The quantitative estimate of drug-likeness (QED) is 0.657. The molecule has 0 aromatic heterocycles. The zero-order valence-corrected chi connectivity index (χ0v) is 17.5. The monoisotopic (exact) mass is 386 g/mol. The second kappa shape index (κ2) is 10.6. The molecule has 0 radical (unpaired) electrons. The number of ether oxygens (including phenoxy) is 2. The van der Waals surface area contributed by atoms with Crippen LogP contribution in [0.2, 0.25) is 0 Å². The highest BCUT2D eigenvalue weighted by atomic mass is 16.5. The number of nitrogens with one attached hydrogen (secondary N) is 1. The summed E-state index contributed by atoms with van der Waals surface area (Å²) in [7, 11) is 0. The minimum Gasteiger partial charge on any atom is -0.494 e. The zero-order valence-electron chi connectivity index (χ0n) is 17.5. The third kappa shape index (κ3) is 5.95. The van der Waals surface area contributed by atoms with Crippen LogP contribution in [-0.4, -0.2) is 57.4 Å². The van der Waals surface area contributed by atoms with Crippen molar-refractivity contribution in [3.05, 3.63) is 29.3 Å². The standard InChI is InChI=1S/C24H38N2O2/c1-2-12-26(11-1)19-21-4-5-23-17-24(7-6-22(23)16-21)28-13-3-10-25-18-20-8-14-27-15-9-20/h6-7,17,20-21,25H,1-5,8-16,18-19H2. The maximum absolute atomic E-state index is 6.03. The molecule has 0 amide bonds. The number of nitrogens with zero attached hydrogens (tertiary/aromatic N) is 1. The number of hydrogen-bond donors (Lipinski definition) is 1. The van der Waals surface area contributed by atoms with Gasteiger partial charge in [-0.3, -0.25) is 0 Å². The summed E-state index contributed by atoms with van der Waals surface area (Å²) in [6.07, 6.45) is 10.1. The van der Waals surface area contributed by atoms with E-state index in [4.69, 9.17) is 9.47 Å². The number of hydrogen-bond acceptors (Lipinski definition) is 4. The summed E-state index contributed by atoms with van der Waals surface area (Å²) in [6.45, 7) is 8.79. The molecule has 0 bridgehead atoms. The van der Waals surface area contributed by atoms with Crippen LogP contribution in [0.4, 0.5) is 0 Å². The van der Waals surface area contributed by atoms with Crippen LogP contribution in [0.25, 0.3) is 0 Å². The van der Waals surface area contributed by atoms with Gasteiger partial charge in [-0.1, -0.05) is 6.07 Å². The maximum Gasteiger partial charge on any atom is 0.119 e. The van der Waals surface area contributed by atoms with E-state index < -0.39 is 0 Å². The number of rotatable bonds is 9. The molecule has 1 aliphatic carbocycles. The fourth-order valence-corrected chi connectivity index (χ4v) is 5.03. The molecule has 1 unspecified atom stereocenters. The van der Waals surface area contributed by atoms with Gasteiger partial charge in [-0.05, 0) is 113 Å². The van der Waals surface area contributed by atoms with Crippen LogP contribution < -0.4 is 10.1 Å². The number of likely N-dealkylation sites (tertiary alicyclic amines) is 1. The predicted octanol–water partition coefficient (Wildman–Crippen LogP) is 3.67. The average molecular weight is 387 g/mol. The Balaban J connectivity index is 1.13. The van der Waals surface area contributed by atoms with Crippen molar-refractivity contribution >= 4 is 0 Å².